The number of carbonyl (C=O) groups is 1. The van der Waals surface area contributed by atoms with Crippen molar-refractivity contribution in [3.63, 3.8) is 0 Å². The minimum Gasteiger partial charge on any atom is -0.442 e. The van der Waals surface area contributed by atoms with Crippen molar-refractivity contribution in [1.29, 1.82) is 0 Å². The summed E-state index contributed by atoms with van der Waals surface area (Å²) in [6, 6.07) is 1.42. The molecule has 0 aromatic carbocycles. The van der Waals surface area contributed by atoms with Crippen molar-refractivity contribution in [1.82, 2.24) is 20.9 Å². The molecule has 4 rings (SSSR count). The Bertz CT molecular complexity index is 562. The van der Waals surface area contributed by atoms with Gasteiger partial charge in [-0.25, -0.2) is 0 Å². The average molecular weight is 435 g/mol. The quantitative estimate of drug-likeness (QED) is 0.363. The molecule has 6 heteroatoms. The van der Waals surface area contributed by atoms with Gasteiger partial charge in [0, 0.05) is 31.5 Å². The van der Waals surface area contributed by atoms with Crippen molar-refractivity contribution in [2.45, 2.75) is 114 Å². The number of nitrogens with one attached hydrogen (secondary N) is 3. The monoisotopic (exact) mass is 434 g/mol. The van der Waals surface area contributed by atoms with E-state index in [1.54, 1.807) is 0 Å². The van der Waals surface area contributed by atoms with Crippen molar-refractivity contribution in [2.75, 3.05) is 32.7 Å². The number of ether oxygens (including phenoxy) is 1. The van der Waals surface area contributed by atoms with E-state index in [1.807, 2.05) is 0 Å². The van der Waals surface area contributed by atoms with E-state index in [1.165, 1.54) is 51.4 Å². The van der Waals surface area contributed by atoms with E-state index >= 15 is 0 Å². The van der Waals surface area contributed by atoms with Crippen LogP contribution in [0, 0.1) is 5.92 Å². The molecule has 3 atom stereocenters. The fourth-order valence-corrected chi connectivity index (χ4v) is 6.66. The topological polar surface area (TPSA) is 65.6 Å². The van der Waals surface area contributed by atoms with E-state index in [9.17, 15) is 4.79 Å². The van der Waals surface area contributed by atoms with E-state index in [0.717, 1.165) is 58.4 Å². The van der Waals surface area contributed by atoms with Crippen LogP contribution in [0.25, 0.3) is 0 Å². The summed E-state index contributed by atoms with van der Waals surface area (Å²) in [4.78, 5) is 15.8. The number of esters is 1. The van der Waals surface area contributed by atoms with Crippen LogP contribution in [0.15, 0.2) is 0 Å². The third-order valence-corrected chi connectivity index (χ3v) is 8.22. The molecule has 0 spiro atoms. The molecule has 0 aromatic heterocycles. The first-order valence-electron chi connectivity index (χ1n) is 13.4. The number of fused-ring (bicyclic) bond motifs is 2. The molecule has 0 aromatic rings. The summed E-state index contributed by atoms with van der Waals surface area (Å²) in [6.45, 7) is 7.77. The maximum atomic E-state index is 13.0. The molecule has 4 aliphatic heterocycles. The lowest BCUT2D eigenvalue weighted by atomic mass is 9.80. The average Bonchev–Trinajstić information content (AvgIpc) is 3.13. The van der Waals surface area contributed by atoms with Gasteiger partial charge in [-0.05, 0) is 70.6 Å². The van der Waals surface area contributed by atoms with Crippen molar-refractivity contribution in [3.8, 4) is 0 Å². The van der Waals surface area contributed by atoms with Crippen LogP contribution in [0.2, 0.25) is 0 Å². The molecule has 31 heavy (non-hydrogen) atoms. The first-order chi connectivity index (χ1) is 15.2. The Morgan fingerprint density at radius 1 is 0.935 bits per heavy atom. The maximum absolute atomic E-state index is 13.0. The third-order valence-electron chi connectivity index (χ3n) is 8.22. The van der Waals surface area contributed by atoms with Gasteiger partial charge in [0.2, 0.25) is 0 Å². The second kappa shape index (κ2) is 11.4. The first-order valence-corrected chi connectivity index (χ1v) is 13.4. The lowest BCUT2D eigenvalue weighted by molar-refractivity contribution is -0.186. The zero-order valence-corrected chi connectivity index (χ0v) is 19.8. The Balaban J connectivity index is 1.43. The van der Waals surface area contributed by atoms with Crippen molar-refractivity contribution < 1.29 is 9.53 Å². The van der Waals surface area contributed by atoms with Crippen LogP contribution in [0.1, 0.15) is 90.4 Å². The predicted molar refractivity (Wildman–Crippen MR) is 125 cm³/mol. The predicted octanol–water partition coefficient (Wildman–Crippen LogP) is 3.16. The molecule has 178 valence electrons. The Labute approximate surface area is 189 Å². The molecule has 3 unspecified atom stereocenters. The molecule has 6 nitrogen and oxygen atoms in total. The van der Waals surface area contributed by atoms with Crippen LogP contribution < -0.4 is 16.0 Å². The summed E-state index contributed by atoms with van der Waals surface area (Å²) in [5, 5.41) is 10.9. The van der Waals surface area contributed by atoms with E-state index < -0.39 is 5.72 Å². The molecule has 4 fully saturated rings. The second-order valence-electron chi connectivity index (χ2n) is 10.5. The van der Waals surface area contributed by atoms with E-state index in [2.05, 4.69) is 27.8 Å². The fourth-order valence-electron chi connectivity index (χ4n) is 6.66. The number of unbranched alkanes of at least 4 members (excludes halogenated alkanes) is 5. The fraction of sp³-hybridized carbons (Fsp3) is 0.960. The Hall–Kier alpha value is -0.690. The molecule has 0 aliphatic carbocycles. The number of piperidine rings is 2. The molecule has 4 heterocycles. The maximum Gasteiger partial charge on any atom is 0.307 e. The molecular formula is C25H46N4O2. The van der Waals surface area contributed by atoms with Gasteiger partial charge in [0.25, 0.3) is 0 Å². The van der Waals surface area contributed by atoms with Crippen LogP contribution in [0.4, 0.5) is 0 Å². The van der Waals surface area contributed by atoms with Gasteiger partial charge < -0.3 is 15.4 Å². The molecule has 3 N–H and O–H groups in total. The molecule has 0 amide bonds. The number of hydrogen-bond donors (Lipinski definition) is 3. The van der Waals surface area contributed by atoms with Gasteiger partial charge in [0.15, 0.2) is 5.72 Å². The smallest absolute Gasteiger partial charge is 0.307 e. The minimum absolute atomic E-state index is 0.0229. The van der Waals surface area contributed by atoms with Gasteiger partial charge in [-0.1, -0.05) is 39.0 Å². The summed E-state index contributed by atoms with van der Waals surface area (Å²) in [6.07, 6.45) is 14.7. The lowest BCUT2D eigenvalue weighted by Crippen LogP contribution is -2.72. The van der Waals surface area contributed by atoms with Crippen LogP contribution >= 0.6 is 0 Å². The number of likely N-dealkylation sites (tertiary alicyclic amines) is 1. The molecule has 4 saturated heterocycles. The third kappa shape index (κ3) is 5.82. The highest BCUT2D eigenvalue weighted by Gasteiger charge is 2.57. The van der Waals surface area contributed by atoms with Crippen LogP contribution in [0.5, 0.6) is 0 Å². The van der Waals surface area contributed by atoms with Crippen LogP contribution in [-0.2, 0) is 9.53 Å². The van der Waals surface area contributed by atoms with Gasteiger partial charge >= 0.3 is 5.97 Å². The van der Waals surface area contributed by atoms with E-state index in [-0.39, 0.29) is 5.97 Å². The van der Waals surface area contributed by atoms with E-state index in [0.29, 0.717) is 30.5 Å². The molecular weight excluding hydrogens is 388 g/mol. The molecule has 4 aliphatic rings. The van der Waals surface area contributed by atoms with E-state index in [4.69, 9.17) is 4.74 Å². The number of hydrogen-bond acceptors (Lipinski definition) is 6. The molecule has 0 saturated carbocycles. The highest BCUT2D eigenvalue weighted by atomic mass is 16.6. The van der Waals surface area contributed by atoms with Gasteiger partial charge in [-0.3, -0.25) is 15.0 Å². The number of nitrogens with zero attached hydrogens (tertiary/aromatic N) is 1. The van der Waals surface area contributed by atoms with Crippen LogP contribution in [0.3, 0.4) is 0 Å². The largest absolute Gasteiger partial charge is 0.442 e. The van der Waals surface area contributed by atoms with Gasteiger partial charge in [0.05, 0.1) is 6.04 Å². The number of piperazine rings is 1. The standard InChI is InChI=1S/C25H46N4O2/c1-2-3-4-5-6-7-8-23(30)31-25-14-9-21(28-25)19-29(22-12-17-27-18-13-22)24(25)20-10-15-26-16-11-20/h20-22,24,26-28H,2-19H2,1H3. The summed E-state index contributed by atoms with van der Waals surface area (Å²) in [7, 11) is 0. The van der Waals surface area contributed by atoms with Crippen molar-refractivity contribution in [2.24, 2.45) is 5.92 Å². The van der Waals surface area contributed by atoms with Crippen molar-refractivity contribution in [3.05, 3.63) is 0 Å². The molecule has 2 bridgehead atoms. The van der Waals surface area contributed by atoms with Gasteiger partial charge in [0.1, 0.15) is 0 Å². The summed E-state index contributed by atoms with van der Waals surface area (Å²) >= 11 is 0. The summed E-state index contributed by atoms with van der Waals surface area (Å²) < 4.78 is 6.46. The molecule has 0 radical (unpaired) electrons. The second-order valence-corrected chi connectivity index (χ2v) is 10.5. The van der Waals surface area contributed by atoms with Crippen LogP contribution in [-0.4, -0.2) is 67.4 Å². The zero-order chi connectivity index (χ0) is 21.5. The van der Waals surface area contributed by atoms with Gasteiger partial charge in [-0.15, -0.1) is 0 Å². The summed E-state index contributed by atoms with van der Waals surface area (Å²) in [5.74, 6) is 0.624. The minimum atomic E-state index is -0.463. The highest BCUT2D eigenvalue weighted by molar-refractivity contribution is 5.70. The van der Waals surface area contributed by atoms with Gasteiger partial charge in [-0.2, -0.15) is 0 Å². The highest BCUT2D eigenvalue weighted by Crippen LogP contribution is 2.43. The Morgan fingerprint density at radius 3 is 2.35 bits per heavy atom. The lowest BCUT2D eigenvalue weighted by Gasteiger charge is -2.54. The summed E-state index contributed by atoms with van der Waals surface area (Å²) in [5.41, 5.74) is -0.463. The number of carbonyl (C=O) groups excluding carboxylic acids is 1. The Morgan fingerprint density at radius 2 is 1.61 bits per heavy atom. The number of rotatable bonds is 10. The first kappa shape index (κ1) is 23.5. The Kier molecular flexibility index (Phi) is 8.66. The zero-order valence-electron chi connectivity index (χ0n) is 19.8. The van der Waals surface area contributed by atoms with Crippen molar-refractivity contribution >= 4 is 5.97 Å². The SMILES string of the molecule is CCCCCCCCC(=O)OC12CCC(CN(C3CCNCC3)C1C1CCNCC1)N2. The normalized spacial score (nSPS) is 32.9.